The van der Waals surface area contributed by atoms with E-state index < -0.39 is 0 Å². The Hall–Kier alpha value is -0.650. The Kier molecular flexibility index (Phi) is 5.81. The number of carbonyl (C=O) groups excluding carboxylic acids is 1. The average molecular weight is 389 g/mol. The second-order valence-corrected chi connectivity index (χ2v) is 6.70. The van der Waals surface area contributed by atoms with Gasteiger partial charge in [0.1, 0.15) is 5.82 Å². The van der Waals surface area contributed by atoms with Gasteiger partial charge in [-0.3, -0.25) is 4.79 Å². The molecule has 20 heavy (non-hydrogen) atoms. The maximum Gasteiger partial charge on any atom is 0.252 e. The topological polar surface area (TPSA) is 29.1 Å². The van der Waals surface area contributed by atoms with Crippen LogP contribution in [-0.4, -0.2) is 11.9 Å². The number of halogens is 2. The Morgan fingerprint density at radius 2 is 2.25 bits per heavy atom. The van der Waals surface area contributed by atoms with Crippen LogP contribution in [0.5, 0.6) is 0 Å². The van der Waals surface area contributed by atoms with Gasteiger partial charge in [-0.15, -0.1) is 0 Å². The zero-order valence-electron chi connectivity index (χ0n) is 11.8. The molecule has 2 unspecified atom stereocenters. The molecule has 1 fully saturated rings. The van der Waals surface area contributed by atoms with E-state index in [1.807, 2.05) is 0 Å². The molecule has 0 heterocycles. The summed E-state index contributed by atoms with van der Waals surface area (Å²) < 4.78 is 14.1. The van der Waals surface area contributed by atoms with Gasteiger partial charge in [0, 0.05) is 9.61 Å². The van der Waals surface area contributed by atoms with Crippen molar-refractivity contribution in [1.29, 1.82) is 0 Å². The smallest absolute Gasteiger partial charge is 0.252 e. The van der Waals surface area contributed by atoms with E-state index in [4.69, 9.17) is 0 Å². The van der Waals surface area contributed by atoms with Crippen molar-refractivity contribution in [2.24, 2.45) is 5.92 Å². The summed E-state index contributed by atoms with van der Waals surface area (Å²) in [5.41, 5.74) is 0.451. The van der Waals surface area contributed by atoms with Crippen LogP contribution in [0, 0.1) is 15.3 Å². The monoisotopic (exact) mass is 389 g/mol. The van der Waals surface area contributed by atoms with Crippen molar-refractivity contribution in [2.45, 2.75) is 51.5 Å². The minimum atomic E-state index is -0.357. The first-order chi connectivity index (χ1) is 9.61. The Balaban J connectivity index is 2.01. The summed E-state index contributed by atoms with van der Waals surface area (Å²) in [5, 5.41) is 3.11. The summed E-state index contributed by atoms with van der Waals surface area (Å²) in [5.74, 6) is 0.0944. The van der Waals surface area contributed by atoms with E-state index in [1.54, 1.807) is 6.07 Å². The molecule has 1 aromatic rings. The molecular weight excluding hydrogens is 368 g/mol. The van der Waals surface area contributed by atoms with Crippen molar-refractivity contribution in [3.8, 4) is 0 Å². The highest BCUT2D eigenvalue weighted by atomic mass is 127. The first kappa shape index (κ1) is 15.7. The Morgan fingerprint density at radius 1 is 1.45 bits per heavy atom. The van der Waals surface area contributed by atoms with E-state index in [2.05, 4.69) is 34.8 Å². The highest BCUT2D eigenvalue weighted by Gasteiger charge is 2.28. The van der Waals surface area contributed by atoms with Crippen molar-refractivity contribution in [3.05, 3.63) is 33.1 Å². The molecule has 0 saturated heterocycles. The quantitative estimate of drug-likeness (QED) is 0.738. The van der Waals surface area contributed by atoms with Crippen LogP contribution in [0.4, 0.5) is 4.39 Å². The molecule has 1 aliphatic rings. The minimum Gasteiger partial charge on any atom is -0.349 e. The lowest BCUT2D eigenvalue weighted by atomic mass is 9.96. The number of carbonyl (C=O) groups is 1. The van der Waals surface area contributed by atoms with Gasteiger partial charge >= 0.3 is 0 Å². The largest absolute Gasteiger partial charge is 0.349 e. The molecule has 2 nitrogen and oxygen atoms in total. The molecule has 0 spiro atoms. The van der Waals surface area contributed by atoms with E-state index in [9.17, 15) is 9.18 Å². The first-order valence-corrected chi connectivity index (χ1v) is 8.45. The minimum absolute atomic E-state index is 0.137. The van der Waals surface area contributed by atoms with Gasteiger partial charge in [0.25, 0.3) is 5.91 Å². The molecule has 2 rings (SSSR count). The normalized spacial score (nSPS) is 21.9. The van der Waals surface area contributed by atoms with Gasteiger partial charge in [-0.1, -0.05) is 26.2 Å². The fourth-order valence-electron chi connectivity index (χ4n) is 2.96. The van der Waals surface area contributed by atoms with E-state index in [0.717, 1.165) is 9.99 Å². The third kappa shape index (κ3) is 3.93. The first-order valence-electron chi connectivity index (χ1n) is 7.37. The maximum absolute atomic E-state index is 13.3. The Morgan fingerprint density at radius 3 is 3.00 bits per heavy atom. The molecule has 0 aliphatic heterocycles. The van der Waals surface area contributed by atoms with Crippen LogP contribution >= 0.6 is 22.6 Å². The SMILES string of the molecule is CCCCC1CCCC1NC(=O)c1cc(F)ccc1I. The van der Waals surface area contributed by atoms with Gasteiger partial charge in [0.15, 0.2) is 0 Å². The number of unbranched alkanes of at least 4 members (excludes halogenated alkanes) is 1. The molecule has 110 valence electrons. The van der Waals surface area contributed by atoms with Gasteiger partial charge in [-0.2, -0.15) is 0 Å². The zero-order valence-corrected chi connectivity index (χ0v) is 14.0. The van der Waals surface area contributed by atoms with Crippen LogP contribution < -0.4 is 5.32 Å². The highest BCUT2D eigenvalue weighted by Crippen LogP contribution is 2.30. The number of hydrogen-bond donors (Lipinski definition) is 1. The molecule has 1 amide bonds. The third-order valence-corrected chi connectivity index (χ3v) is 5.02. The molecule has 1 N–H and O–H groups in total. The maximum atomic E-state index is 13.3. The molecule has 1 aliphatic carbocycles. The number of amides is 1. The van der Waals surface area contributed by atoms with Crippen LogP contribution in [0.25, 0.3) is 0 Å². The molecule has 0 bridgehead atoms. The van der Waals surface area contributed by atoms with Gasteiger partial charge in [0.2, 0.25) is 0 Å². The molecule has 1 aromatic carbocycles. The molecule has 0 aromatic heterocycles. The van der Waals surface area contributed by atoms with Crippen LogP contribution in [0.2, 0.25) is 0 Å². The summed E-state index contributed by atoms with van der Waals surface area (Å²) in [7, 11) is 0. The zero-order chi connectivity index (χ0) is 14.5. The van der Waals surface area contributed by atoms with E-state index in [-0.39, 0.29) is 17.8 Å². The van der Waals surface area contributed by atoms with E-state index in [0.29, 0.717) is 11.5 Å². The molecule has 2 atom stereocenters. The lowest BCUT2D eigenvalue weighted by molar-refractivity contribution is 0.0925. The lowest BCUT2D eigenvalue weighted by Gasteiger charge is -2.21. The number of nitrogens with one attached hydrogen (secondary N) is 1. The number of hydrogen-bond acceptors (Lipinski definition) is 1. The predicted molar refractivity (Wildman–Crippen MR) is 87.2 cm³/mol. The Labute approximate surface area is 133 Å². The predicted octanol–water partition coefficient (Wildman–Crippen LogP) is 4.52. The second-order valence-electron chi connectivity index (χ2n) is 5.54. The fraction of sp³-hybridized carbons (Fsp3) is 0.562. The average Bonchev–Trinajstić information content (AvgIpc) is 2.86. The second kappa shape index (κ2) is 7.38. The summed E-state index contributed by atoms with van der Waals surface area (Å²) in [6.45, 7) is 2.19. The van der Waals surface area contributed by atoms with Gasteiger partial charge in [-0.25, -0.2) is 4.39 Å². The van der Waals surface area contributed by atoms with Gasteiger partial charge in [0.05, 0.1) is 5.56 Å². The molecule has 0 radical (unpaired) electrons. The van der Waals surface area contributed by atoms with Crippen molar-refractivity contribution in [3.63, 3.8) is 0 Å². The molecular formula is C16H21FINO. The van der Waals surface area contributed by atoms with Gasteiger partial charge in [-0.05, 0) is 66.0 Å². The number of rotatable bonds is 5. The molecule has 1 saturated carbocycles. The highest BCUT2D eigenvalue weighted by molar-refractivity contribution is 14.1. The number of benzene rings is 1. The van der Waals surface area contributed by atoms with Crippen LogP contribution in [-0.2, 0) is 0 Å². The van der Waals surface area contributed by atoms with Crippen molar-refractivity contribution < 1.29 is 9.18 Å². The summed E-state index contributed by atoms with van der Waals surface area (Å²) in [4.78, 5) is 12.3. The van der Waals surface area contributed by atoms with Crippen molar-refractivity contribution in [1.82, 2.24) is 5.32 Å². The fourth-order valence-corrected chi connectivity index (χ4v) is 3.54. The summed E-state index contributed by atoms with van der Waals surface area (Å²) in [6, 6.07) is 4.62. The van der Waals surface area contributed by atoms with Crippen molar-refractivity contribution in [2.75, 3.05) is 0 Å². The molecule has 4 heteroatoms. The standard InChI is InChI=1S/C16H21FINO/c1-2-3-5-11-6-4-7-15(11)19-16(20)13-10-12(17)8-9-14(13)18/h8-11,15H,2-7H2,1H3,(H,19,20). The van der Waals surface area contributed by atoms with E-state index in [1.165, 1.54) is 44.2 Å². The van der Waals surface area contributed by atoms with E-state index >= 15 is 0 Å². The summed E-state index contributed by atoms with van der Waals surface area (Å²) >= 11 is 2.08. The van der Waals surface area contributed by atoms with Crippen LogP contribution in [0.1, 0.15) is 55.8 Å². The third-order valence-electron chi connectivity index (χ3n) is 4.08. The Bertz CT molecular complexity index is 478. The summed E-state index contributed by atoms with van der Waals surface area (Å²) in [6.07, 6.45) is 7.02. The van der Waals surface area contributed by atoms with Crippen LogP contribution in [0.3, 0.4) is 0 Å². The van der Waals surface area contributed by atoms with Crippen LogP contribution in [0.15, 0.2) is 18.2 Å². The van der Waals surface area contributed by atoms with Crippen molar-refractivity contribution >= 4 is 28.5 Å². The lowest BCUT2D eigenvalue weighted by Crippen LogP contribution is -2.37. The van der Waals surface area contributed by atoms with Gasteiger partial charge < -0.3 is 5.32 Å².